The van der Waals surface area contributed by atoms with Crippen LogP contribution in [0.15, 0.2) is 10.5 Å². The summed E-state index contributed by atoms with van der Waals surface area (Å²) < 4.78 is 58.5. The van der Waals surface area contributed by atoms with Crippen molar-refractivity contribution in [3.63, 3.8) is 0 Å². The van der Waals surface area contributed by atoms with Crippen molar-refractivity contribution in [1.82, 2.24) is 10.2 Å². The highest BCUT2D eigenvalue weighted by molar-refractivity contribution is 9.10. The SMILES string of the molecule is O=S(=O)(Nc1nnc(Cl)cc1Br)C(F)(F)F. The maximum Gasteiger partial charge on any atom is 0.516 e. The number of halogens is 5. The van der Waals surface area contributed by atoms with Crippen molar-refractivity contribution in [1.29, 1.82) is 0 Å². The topological polar surface area (TPSA) is 72.0 Å². The zero-order valence-corrected chi connectivity index (χ0v) is 10.2. The molecule has 16 heavy (non-hydrogen) atoms. The van der Waals surface area contributed by atoms with Gasteiger partial charge in [-0.1, -0.05) is 11.6 Å². The Kier molecular flexibility index (Phi) is 3.65. The van der Waals surface area contributed by atoms with Gasteiger partial charge in [-0.15, -0.1) is 10.2 Å². The molecule has 0 amide bonds. The molecule has 0 spiro atoms. The molecule has 0 aliphatic rings. The van der Waals surface area contributed by atoms with Crippen LogP contribution in [-0.2, 0) is 10.0 Å². The zero-order chi connectivity index (χ0) is 12.6. The summed E-state index contributed by atoms with van der Waals surface area (Å²) in [7, 11) is -5.51. The lowest BCUT2D eigenvalue weighted by atomic mass is 10.5. The van der Waals surface area contributed by atoms with Crippen molar-refractivity contribution in [2.24, 2.45) is 0 Å². The summed E-state index contributed by atoms with van der Waals surface area (Å²) in [5.41, 5.74) is -5.42. The van der Waals surface area contributed by atoms with Gasteiger partial charge >= 0.3 is 15.5 Å². The number of nitrogens with one attached hydrogen (secondary N) is 1. The van der Waals surface area contributed by atoms with E-state index in [0.29, 0.717) is 0 Å². The first-order chi connectivity index (χ1) is 7.13. The molecule has 0 aliphatic heterocycles. The highest BCUT2D eigenvalue weighted by Gasteiger charge is 2.46. The number of anilines is 1. The van der Waals surface area contributed by atoms with Gasteiger partial charge in [0.15, 0.2) is 11.0 Å². The molecule has 0 unspecified atom stereocenters. The highest BCUT2D eigenvalue weighted by atomic mass is 79.9. The van der Waals surface area contributed by atoms with Crippen LogP contribution in [0.2, 0.25) is 5.15 Å². The van der Waals surface area contributed by atoms with Crippen molar-refractivity contribution in [3.8, 4) is 0 Å². The second-order valence-corrected chi connectivity index (χ2v) is 5.33. The minimum atomic E-state index is -5.51. The van der Waals surface area contributed by atoms with E-state index in [4.69, 9.17) is 11.6 Å². The fourth-order valence-electron chi connectivity index (χ4n) is 0.602. The molecule has 1 heterocycles. The second kappa shape index (κ2) is 4.34. The average molecular weight is 341 g/mol. The number of aromatic nitrogens is 2. The van der Waals surface area contributed by atoms with Crippen LogP contribution < -0.4 is 4.72 Å². The maximum atomic E-state index is 12.0. The van der Waals surface area contributed by atoms with Crippen molar-refractivity contribution in [2.45, 2.75) is 5.51 Å². The Balaban J connectivity index is 3.07. The minimum Gasteiger partial charge on any atom is -0.257 e. The third-order valence-corrected chi connectivity index (χ3v) is 3.11. The summed E-state index contributed by atoms with van der Waals surface area (Å²) in [6, 6.07) is 1.10. The van der Waals surface area contributed by atoms with E-state index in [9.17, 15) is 21.6 Å². The Hall–Kier alpha value is -0.610. The van der Waals surface area contributed by atoms with Gasteiger partial charge in [0.25, 0.3) is 0 Å². The fraction of sp³-hybridized carbons (Fsp3) is 0.200. The molecule has 0 fully saturated rings. The number of nitrogens with zero attached hydrogens (tertiary/aromatic N) is 2. The molecule has 0 saturated heterocycles. The van der Waals surface area contributed by atoms with Gasteiger partial charge in [-0.05, 0) is 22.0 Å². The number of hydrogen-bond donors (Lipinski definition) is 1. The Labute approximate surface area is 101 Å². The fourth-order valence-corrected chi connectivity index (χ4v) is 1.93. The summed E-state index contributed by atoms with van der Waals surface area (Å²) in [5, 5.41) is 6.26. The lowest BCUT2D eigenvalue weighted by Gasteiger charge is -2.10. The van der Waals surface area contributed by atoms with E-state index in [1.807, 2.05) is 0 Å². The third kappa shape index (κ3) is 2.95. The maximum absolute atomic E-state index is 12.0. The van der Waals surface area contributed by atoms with E-state index in [2.05, 4.69) is 26.1 Å². The molecule has 0 atom stereocenters. The van der Waals surface area contributed by atoms with Crippen LogP contribution >= 0.6 is 27.5 Å². The first-order valence-electron chi connectivity index (χ1n) is 3.41. The second-order valence-electron chi connectivity index (χ2n) is 2.41. The lowest BCUT2D eigenvalue weighted by molar-refractivity contribution is -0.0429. The quantitative estimate of drug-likeness (QED) is 0.895. The van der Waals surface area contributed by atoms with E-state index in [-0.39, 0.29) is 9.63 Å². The summed E-state index contributed by atoms with van der Waals surface area (Å²) in [6.45, 7) is 0. The van der Waals surface area contributed by atoms with Crippen molar-refractivity contribution in [2.75, 3.05) is 4.72 Å². The third-order valence-electron chi connectivity index (χ3n) is 1.25. The summed E-state index contributed by atoms with van der Waals surface area (Å²) >= 11 is 8.16. The van der Waals surface area contributed by atoms with Gasteiger partial charge in [-0.3, -0.25) is 4.72 Å². The standard InChI is InChI=1S/C5H2BrClF3N3O2S/c6-2-1-3(7)11-12-4(2)13-16(14,15)5(8,9)10/h1H,(H,12,13). The predicted molar refractivity (Wildman–Crippen MR) is 53.3 cm³/mol. The summed E-state index contributed by atoms with van der Waals surface area (Å²) in [5.74, 6) is -0.596. The monoisotopic (exact) mass is 339 g/mol. The molecule has 1 N–H and O–H groups in total. The van der Waals surface area contributed by atoms with Crippen LogP contribution in [0.5, 0.6) is 0 Å². The van der Waals surface area contributed by atoms with E-state index in [1.165, 1.54) is 4.72 Å². The average Bonchev–Trinajstić information content (AvgIpc) is 2.08. The minimum absolute atomic E-state index is 0.0553. The van der Waals surface area contributed by atoms with Gasteiger partial charge in [-0.25, -0.2) is 0 Å². The van der Waals surface area contributed by atoms with Gasteiger partial charge in [0.2, 0.25) is 0 Å². The van der Waals surface area contributed by atoms with E-state index < -0.39 is 21.3 Å². The Morgan fingerprint density at radius 2 is 1.94 bits per heavy atom. The van der Waals surface area contributed by atoms with Crippen LogP contribution in [-0.4, -0.2) is 24.1 Å². The van der Waals surface area contributed by atoms with Crippen LogP contribution in [0.4, 0.5) is 19.0 Å². The molecule has 0 bridgehead atoms. The molecule has 1 aromatic heterocycles. The van der Waals surface area contributed by atoms with E-state index in [1.54, 1.807) is 0 Å². The molecule has 0 aliphatic carbocycles. The summed E-state index contributed by atoms with van der Waals surface area (Å²) in [6.07, 6.45) is 0. The van der Waals surface area contributed by atoms with Crippen LogP contribution in [0.1, 0.15) is 0 Å². The molecular weight excluding hydrogens is 338 g/mol. The highest BCUT2D eigenvalue weighted by Crippen LogP contribution is 2.28. The molecule has 0 aromatic carbocycles. The molecule has 0 radical (unpaired) electrons. The normalized spacial score (nSPS) is 12.6. The zero-order valence-electron chi connectivity index (χ0n) is 7.09. The first kappa shape index (κ1) is 13.5. The molecule has 0 saturated carbocycles. The van der Waals surface area contributed by atoms with Gasteiger partial charge in [0, 0.05) is 0 Å². The van der Waals surface area contributed by atoms with Crippen molar-refractivity contribution >= 4 is 43.4 Å². The number of hydrogen-bond acceptors (Lipinski definition) is 4. The molecule has 11 heteroatoms. The first-order valence-corrected chi connectivity index (χ1v) is 6.07. The van der Waals surface area contributed by atoms with Gasteiger partial charge in [0.1, 0.15) is 0 Å². The smallest absolute Gasteiger partial charge is 0.257 e. The molecule has 1 aromatic rings. The lowest BCUT2D eigenvalue weighted by Crippen LogP contribution is -2.30. The number of sulfonamides is 1. The van der Waals surface area contributed by atoms with E-state index >= 15 is 0 Å². The van der Waals surface area contributed by atoms with Gasteiger partial charge in [0.05, 0.1) is 4.47 Å². The van der Waals surface area contributed by atoms with Crippen LogP contribution in [0.3, 0.4) is 0 Å². The van der Waals surface area contributed by atoms with Gasteiger partial charge < -0.3 is 0 Å². The molecular formula is C5H2BrClF3N3O2S. The van der Waals surface area contributed by atoms with Crippen molar-refractivity contribution in [3.05, 3.63) is 15.7 Å². The Bertz CT molecular complexity index is 506. The number of alkyl halides is 3. The van der Waals surface area contributed by atoms with Gasteiger partial charge in [-0.2, -0.15) is 21.6 Å². The molecule has 90 valence electrons. The summed E-state index contributed by atoms with van der Waals surface area (Å²) in [4.78, 5) is 0. The van der Waals surface area contributed by atoms with Crippen LogP contribution in [0, 0.1) is 0 Å². The van der Waals surface area contributed by atoms with Crippen LogP contribution in [0.25, 0.3) is 0 Å². The van der Waals surface area contributed by atoms with Crippen molar-refractivity contribution < 1.29 is 21.6 Å². The van der Waals surface area contributed by atoms with E-state index in [0.717, 1.165) is 6.07 Å². The number of rotatable bonds is 2. The predicted octanol–water partition coefficient (Wildman–Crippen LogP) is 2.15. The Morgan fingerprint density at radius 1 is 1.38 bits per heavy atom. The Morgan fingerprint density at radius 3 is 2.38 bits per heavy atom. The molecule has 1 rings (SSSR count). The largest absolute Gasteiger partial charge is 0.516 e. The molecule has 5 nitrogen and oxygen atoms in total.